The van der Waals surface area contributed by atoms with Crippen LogP contribution in [0.1, 0.15) is 12.5 Å². The minimum Gasteiger partial charge on any atom is -0.395 e. The van der Waals surface area contributed by atoms with E-state index in [2.05, 4.69) is 23.2 Å². The Hall–Kier alpha value is -1.28. The number of hydrogen-bond acceptors (Lipinski definition) is 4. The maximum Gasteiger partial charge on any atom is 0.101 e. The molecule has 0 bridgehead atoms. The lowest BCUT2D eigenvalue weighted by molar-refractivity contribution is 0.206. The number of nitrogens with one attached hydrogen (secondary N) is 1. The van der Waals surface area contributed by atoms with E-state index in [0.717, 1.165) is 18.8 Å². The summed E-state index contributed by atoms with van der Waals surface area (Å²) in [4.78, 5) is 2.13. The van der Waals surface area contributed by atoms with Crippen LogP contribution in [0.5, 0.6) is 0 Å². The number of likely N-dealkylation sites (N-methyl/N-ethyl adjacent to an activating group) is 1. The van der Waals surface area contributed by atoms with Gasteiger partial charge in [-0.25, -0.2) is 0 Å². The minimum absolute atomic E-state index is 0.161. The van der Waals surface area contributed by atoms with Gasteiger partial charge in [0.15, 0.2) is 0 Å². The van der Waals surface area contributed by atoms with Gasteiger partial charge in [-0.05, 0) is 24.7 Å². The monoisotopic (exact) mass is 267 g/mol. The zero-order valence-electron chi connectivity index (χ0n) is 10.5. The van der Waals surface area contributed by atoms with Crippen LogP contribution in [0.3, 0.4) is 0 Å². The number of nitrogens with zero attached hydrogens (tertiary/aromatic N) is 2. The van der Waals surface area contributed by atoms with Gasteiger partial charge in [-0.1, -0.05) is 18.5 Å². The molecule has 5 heteroatoms. The van der Waals surface area contributed by atoms with Crippen molar-refractivity contribution in [1.82, 2.24) is 4.90 Å². The molecular weight excluding hydrogens is 250 g/mol. The van der Waals surface area contributed by atoms with Crippen molar-refractivity contribution in [3.8, 4) is 6.07 Å². The van der Waals surface area contributed by atoms with Crippen LogP contribution in [-0.2, 0) is 0 Å². The molecule has 0 spiro atoms. The zero-order chi connectivity index (χ0) is 13.4. The van der Waals surface area contributed by atoms with Crippen LogP contribution in [0, 0.1) is 11.3 Å². The van der Waals surface area contributed by atoms with Crippen molar-refractivity contribution in [2.75, 3.05) is 38.1 Å². The molecule has 0 atom stereocenters. The first kappa shape index (κ1) is 14.8. The van der Waals surface area contributed by atoms with Gasteiger partial charge >= 0.3 is 0 Å². The summed E-state index contributed by atoms with van der Waals surface area (Å²) in [5.41, 5.74) is 1.34. The Balaban J connectivity index is 2.53. The number of hydrogen-bond donors (Lipinski definition) is 2. The molecule has 0 heterocycles. The number of nitriles is 1. The third kappa shape index (κ3) is 4.53. The molecular formula is C13H18ClN3O. The first-order valence-electron chi connectivity index (χ1n) is 5.98. The van der Waals surface area contributed by atoms with Gasteiger partial charge in [0.05, 0.1) is 17.9 Å². The predicted octanol–water partition coefficient (Wildman–Crippen LogP) is 1.94. The highest BCUT2D eigenvalue weighted by Crippen LogP contribution is 2.19. The van der Waals surface area contributed by atoms with Gasteiger partial charge < -0.3 is 10.4 Å². The van der Waals surface area contributed by atoms with Crippen molar-refractivity contribution < 1.29 is 5.11 Å². The lowest BCUT2D eigenvalue weighted by Crippen LogP contribution is -2.31. The molecule has 1 aromatic rings. The molecule has 0 aliphatic rings. The normalized spacial score (nSPS) is 10.4. The van der Waals surface area contributed by atoms with E-state index in [1.807, 2.05) is 0 Å². The summed E-state index contributed by atoms with van der Waals surface area (Å²) in [6, 6.07) is 7.29. The smallest absolute Gasteiger partial charge is 0.101 e. The lowest BCUT2D eigenvalue weighted by Gasteiger charge is -2.19. The van der Waals surface area contributed by atoms with Gasteiger partial charge in [-0.3, -0.25) is 4.90 Å². The standard InChI is InChI=1S/C13H18ClN3O/c1-2-17(7-8-18)6-5-16-13-9-12(14)4-3-11(13)10-15/h3-4,9,16,18H,2,5-8H2,1H3. The Morgan fingerprint density at radius 1 is 1.44 bits per heavy atom. The maximum atomic E-state index is 8.97. The van der Waals surface area contributed by atoms with E-state index >= 15 is 0 Å². The summed E-state index contributed by atoms with van der Waals surface area (Å²) in [5.74, 6) is 0. The molecule has 1 aromatic carbocycles. The van der Waals surface area contributed by atoms with Crippen LogP contribution >= 0.6 is 11.6 Å². The SMILES string of the molecule is CCN(CCO)CCNc1cc(Cl)ccc1C#N. The largest absolute Gasteiger partial charge is 0.395 e. The summed E-state index contributed by atoms with van der Waals surface area (Å²) in [7, 11) is 0. The van der Waals surface area contributed by atoms with Crippen molar-refractivity contribution in [2.45, 2.75) is 6.92 Å². The van der Waals surface area contributed by atoms with E-state index in [0.29, 0.717) is 23.7 Å². The van der Waals surface area contributed by atoms with Crippen LogP contribution in [0.4, 0.5) is 5.69 Å². The maximum absolute atomic E-state index is 8.97. The molecule has 0 saturated carbocycles. The number of rotatable bonds is 7. The highest BCUT2D eigenvalue weighted by Gasteiger charge is 2.04. The molecule has 18 heavy (non-hydrogen) atoms. The quantitative estimate of drug-likeness (QED) is 0.793. The molecule has 1 rings (SSSR count). The van der Waals surface area contributed by atoms with Crippen molar-refractivity contribution in [2.24, 2.45) is 0 Å². The van der Waals surface area contributed by atoms with Gasteiger partial charge in [0.25, 0.3) is 0 Å². The van der Waals surface area contributed by atoms with Gasteiger partial charge in [0, 0.05) is 24.7 Å². The summed E-state index contributed by atoms with van der Waals surface area (Å²) < 4.78 is 0. The second kappa shape index (κ2) is 7.93. The third-order valence-corrected chi connectivity index (χ3v) is 2.94. The fourth-order valence-electron chi connectivity index (χ4n) is 1.68. The third-order valence-electron chi connectivity index (χ3n) is 2.71. The zero-order valence-corrected chi connectivity index (χ0v) is 11.2. The molecule has 0 amide bonds. The molecule has 0 aliphatic carbocycles. The molecule has 0 saturated heterocycles. The molecule has 4 nitrogen and oxygen atoms in total. The van der Waals surface area contributed by atoms with E-state index in [4.69, 9.17) is 22.0 Å². The van der Waals surface area contributed by atoms with Crippen molar-refractivity contribution >= 4 is 17.3 Å². The van der Waals surface area contributed by atoms with Crippen LogP contribution in [0.2, 0.25) is 5.02 Å². The van der Waals surface area contributed by atoms with Crippen molar-refractivity contribution in [3.05, 3.63) is 28.8 Å². The molecule has 0 unspecified atom stereocenters. The number of benzene rings is 1. The van der Waals surface area contributed by atoms with Crippen LogP contribution in [-0.4, -0.2) is 42.8 Å². The number of halogens is 1. The molecule has 0 fully saturated rings. The Bertz CT molecular complexity index is 417. The lowest BCUT2D eigenvalue weighted by atomic mass is 10.2. The Kier molecular flexibility index (Phi) is 6.51. The minimum atomic E-state index is 0.161. The van der Waals surface area contributed by atoms with E-state index in [1.165, 1.54) is 0 Å². The average Bonchev–Trinajstić information content (AvgIpc) is 2.38. The highest BCUT2D eigenvalue weighted by molar-refractivity contribution is 6.30. The van der Waals surface area contributed by atoms with Crippen LogP contribution in [0.15, 0.2) is 18.2 Å². The van der Waals surface area contributed by atoms with E-state index < -0.39 is 0 Å². The molecule has 0 radical (unpaired) electrons. The molecule has 2 N–H and O–H groups in total. The first-order chi connectivity index (χ1) is 8.71. The summed E-state index contributed by atoms with van der Waals surface area (Å²) in [6.07, 6.45) is 0. The second-order valence-corrected chi connectivity index (χ2v) is 4.32. The fourth-order valence-corrected chi connectivity index (χ4v) is 1.85. The Morgan fingerprint density at radius 2 is 2.22 bits per heavy atom. The van der Waals surface area contributed by atoms with Crippen LogP contribution in [0.25, 0.3) is 0 Å². The van der Waals surface area contributed by atoms with Gasteiger partial charge in [-0.15, -0.1) is 0 Å². The summed E-state index contributed by atoms with van der Waals surface area (Å²) in [6.45, 7) is 5.29. The Labute approximate surface area is 113 Å². The second-order valence-electron chi connectivity index (χ2n) is 3.89. The van der Waals surface area contributed by atoms with E-state index in [9.17, 15) is 0 Å². The average molecular weight is 268 g/mol. The van der Waals surface area contributed by atoms with Gasteiger partial charge in [-0.2, -0.15) is 5.26 Å². The highest BCUT2D eigenvalue weighted by atomic mass is 35.5. The fraction of sp³-hybridized carbons (Fsp3) is 0.462. The molecule has 0 aromatic heterocycles. The molecule has 98 valence electrons. The van der Waals surface area contributed by atoms with E-state index in [1.54, 1.807) is 18.2 Å². The van der Waals surface area contributed by atoms with Crippen molar-refractivity contribution in [1.29, 1.82) is 5.26 Å². The summed E-state index contributed by atoms with van der Waals surface area (Å²) >= 11 is 5.90. The van der Waals surface area contributed by atoms with E-state index in [-0.39, 0.29) is 6.61 Å². The van der Waals surface area contributed by atoms with Crippen LogP contribution < -0.4 is 5.32 Å². The number of aliphatic hydroxyl groups excluding tert-OH is 1. The topological polar surface area (TPSA) is 59.3 Å². The molecule has 0 aliphatic heterocycles. The Morgan fingerprint density at radius 3 is 2.83 bits per heavy atom. The number of aliphatic hydroxyl groups is 1. The van der Waals surface area contributed by atoms with Gasteiger partial charge in [0.1, 0.15) is 6.07 Å². The first-order valence-corrected chi connectivity index (χ1v) is 6.35. The summed E-state index contributed by atoms with van der Waals surface area (Å²) in [5, 5.41) is 21.7. The van der Waals surface area contributed by atoms with Crippen molar-refractivity contribution in [3.63, 3.8) is 0 Å². The van der Waals surface area contributed by atoms with Gasteiger partial charge in [0.2, 0.25) is 0 Å². The number of anilines is 1. The predicted molar refractivity (Wildman–Crippen MR) is 73.9 cm³/mol.